The standard InChI is InChI=1S/C46H30N2S2/c1-3-15-33(16-4-1)47(35-26-25-31-13-7-8-14-32(31)29-35)36-27-28-39-44(30-36)49-43-24-12-21-40(45(39)43)48(34-17-5-2-6-18-34)41-22-11-20-38-37-19-9-10-23-42(37)50-46(38)41/h1-30H. The molecule has 2 heterocycles. The highest BCUT2D eigenvalue weighted by atomic mass is 32.1. The summed E-state index contributed by atoms with van der Waals surface area (Å²) in [7, 11) is 0. The molecule has 2 nitrogen and oxygen atoms in total. The molecule has 0 unspecified atom stereocenters. The maximum Gasteiger partial charge on any atom is 0.0640 e. The van der Waals surface area contributed by atoms with E-state index in [1.165, 1.54) is 62.5 Å². The average molecular weight is 675 g/mol. The predicted molar refractivity (Wildman–Crippen MR) is 219 cm³/mol. The first kappa shape index (κ1) is 29.0. The smallest absolute Gasteiger partial charge is 0.0640 e. The first-order chi connectivity index (χ1) is 24.8. The van der Waals surface area contributed by atoms with Crippen molar-refractivity contribution in [3.8, 4) is 0 Å². The van der Waals surface area contributed by atoms with Crippen molar-refractivity contribution in [2.45, 2.75) is 0 Å². The normalized spacial score (nSPS) is 11.6. The first-order valence-corrected chi connectivity index (χ1v) is 18.5. The number of benzene rings is 8. The molecule has 0 bridgehead atoms. The molecule has 236 valence electrons. The minimum atomic E-state index is 1.13. The number of nitrogens with zero attached hydrogens (tertiary/aromatic N) is 2. The largest absolute Gasteiger partial charge is 0.310 e. The highest BCUT2D eigenvalue weighted by Crippen LogP contribution is 2.49. The number of hydrogen-bond acceptors (Lipinski definition) is 4. The van der Waals surface area contributed by atoms with E-state index in [1.54, 1.807) is 0 Å². The molecule has 0 aliphatic rings. The molecule has 0 saturated heterocycles. The Morgan fingerprint density at radius 1 is 0.320 bits per heavy atom. The fourth-order valence-electron chi connectivity index (χ4n) is 7.35. The third kappa shape index (κ3) is 4.76. The molecule has 0 amide bonds. The van der Waals surface area contributed by atoms with Crippen LogP contribution in [0.2, 0.25) is 0 Å². The van der Waals surface area contributed by atoms with Gasteiger partial charge < -0.3 is 9.80 Å². The fraction of sp³-hybridized carbons (Fsp3) is 0. The van der Waals surface area contributed by atoms with Crippen molar-refractivity contribution in [3.63, 3.8) is 0 Å². The van der Waals surface area contributed by atoms with E-state index in [9.17, 15) is 0 Å². The molecular weight excluding hydrogens is 645 g/mol. The van der Waals surface area contributed by atoms with Gasteiger partial charge >= 0.3 is 0 Å². The highest BCUT2D eigenvalue weighted by Gasteiger charge is 2.22. The van der Waals surface area contributed by atoms with Crippen LogP contribution in [-0.2, 0) is 0 Å². The lowest BCUT2D eigenvalue weighted by atomic mass is 10.1. The number of hydrogen-bond donors (Lipinski definition) is 0. The average Bonchev–Trinajstić information content (AvgIpc) is 3.75. The van der Waals surface area contributed by atoms with E-state index in [0.29, 0.717) is 0 Å². The van der Waals surface area contributed by atoms with E-state index in [0.717, 1.165) is 22.7 Å². The Bertz CT molecular complexity index is 2840. The maximum absolute atomic E-state index is 2.46. The lowest BCUT2D eigenvalue weighted by Crippen LogP contribution is -2.10. The minimum absolute atomic E-state index is 1.13. The molecule has 0 spiro atoms. The Labute approximate surface area is 298 Å². The second-order valence-corrected chi connectivity index (χ2v) is 14.7. The van der Waals surface area contributed by atoms with Crippen molar-refractivity contribution in [2.75, 3.05) is 9.80 Å². The van der Waals surface area contributed by atoms with Gasteiger partial charge in [0.15, 0.2) is 0 Å². The van der Waals surface area contributed by atoms with Gasteiger partial charge in [0.1, 0.15) is 0 Å². The summed E-state index contributed by atoms with van der Waals surface area (Å²) in [5.41, 5.74) is 6.95. The molecule has 2 aromatic heterocycles. The lowest BCUT2D eigenvalue weighted by molar-refractivity contribution is 1.30. The molecule has 50 heavy (non-hydrogen) atoms. The third-order valence-corrected chi connectivity index (χ3v) is 11.9. The Morgan fingerprint density at radius 3 is 1.78 bits per heavy atom. The van der Waals surface area contributed by atoms with Crippen LogP contribution in [0.25, 0.3) is 51.1 Å². The first-order valence-electron chi connectivity index (χ1n) is 16.8. The number of rotatable bonds is 6. The zero-order valence-electron chi connectivity index (χ0n) is 27.0. The van der Waals surface area contributed by atoms with E-state index in [2.05, 4.69) is 192 Å². The van der Waals surface area contributed by atoms with Gasteiger partial charge in [-0.15, -0.1) is 22.7 Å². The van der Waals surface area contributed by atoms with Crippen LogP contribution in [0.4, 0.5) is 34.1 Å². The highest BCUT2D eigenvalue weighted by molar-refractivity contribution is 7.26. The zero-order valence-corrected chi connectivity index (χ0v) is 28.7. The van der Waals surface area contributed by atoms with Crippen molar-refractivity contribution >= 4 is 108 Å². The molecule has 10 rings (SSSR count). The molecule has 4 heteroatoms. The molecule has 0 aliphatic heterocycles. The Hall–Kier alpha value is -5.94. The SMILES string of the molecule is c1ccc(N(c2ccc3ccccc3c2)c2ccc3c(c2)sc2cccc(N(c4ccccc4)c4cccc5c4sc4ccccc45)c23)cc1. The van der Waals surface area contributed by atoms with E-state index in [-0.39, 0.29) is 0 Å². The molecule has 8 aromatic carbocycles. The fourth-order valence-corrected chi connectivity index (χ4v) is 9.72. The molecule has 0 radical (unpaired) electrons. The molecular formula is C46H30N2S2. The van der Waals surface area contributed by atoms with Gasteiger partial charge in [-0.1, -0.05) is 109 Å². The summed E-state index contributed by atoms with van der Waals surface area (Å²) < 4.78 is 5.14. The number of anilines is 6. The summed E-state index contributed by atoms with van der Waals surface area (Å²) >= 11 is 3.74. The van der Waals surface area contributed by atoms with Gasteiger partial charge in [-0.25, -0.2) is 0 Å². The van der Waals surface area contributed by atoms with Gasteiger partial charge in [0.05, 0.1) is 16.1 Å². The van der Waals surface area contributed by atoms with E-state index >= 15 is 0 Å². The van der Waals surface area contributed by atoms with Crippen molar-refractivity contribution in [1.82, 2.24) is 0 Å². The van der Waals surface area contributed by atoms with E-state index in [1.807, 2.05) is 22.7 Å². The Kier molecular flexibility index (Phi) is 6.90. The van der Waals surface area contributed by atoms with Crippen LogP contribution in [0.3, 0.4) is 0 Å². The minimum Gasteiger partial charge on any atom is -0.310 e. The molecule has 0 atom stereocenters. The van der Waals surface area contributed by atoms with Crippen LogP contribution in [-0.4, -0.2) is 0 Å². The van der Waals surface area contributed by atoms with Crippen molar-refractivity contribution in [2.24, 2.45) is 0 Å². The van der Waals surface area contributed by atoms with E-state index in [4.69, 9.17) is 0 Å². The summed E-state index contributed by atoms with van der Waals surface area (Å²) in [5.74, 6) is 0. The monoisotopic (exact) mass is 674 g/mol. The number of fused-ring (bicyclic) bond motifs is 7. The number of thiophene rings is 2. The van der Waals surface area contributed by atoms with Gasteiger partial charge in [0.25, 0.3) is 0 Å². The Balaban J connectivity index is 1.18. The van der Waals surface area contributed by atoms with Crippen molar-refractivity contribution in [1.29, 1.82) is 0 Å². The molecule has 0 saturated carbocycles. The third-order valence-electron chi connectivity index (χ3n) is 9.60. The molecule has 0 N–H and O–H groups in total. The van der Waals surface area contributed by atoms with Crippen LogP contribution in [0.15, 0.2) is 182 Å². The van der Waals surface area contributed by atoms with Crippen LogP contribution >= 0.6 is 22.7 Å². The summed E-state index contributed by atoms with van der Waals surface area (Å²) in [5, 5.41) is 7.62. The quantitative estimate of drug-likeness (QED) is 0.173. The Morgan fingerprint density at radius 2 is 0.940 bits per heavy atom. The van der Waals surface area contributed by atoms with Crippen LogP contribution in [0.5, 0.6) is 0 Å². The zero-order chi connectivity index (χ0) is 33.0. The van der Waals surface area contributed by atoms with Gasteiger partial charge in [0.2, 0.25) is 0 Å². The second kappa shape index (κ2) is 11.9. The van der Waals surface area contributed by atoms with Crippen molar-refractivity contribution in [3.05, 3.63) is 182 Å². The van der Waals surface area contributed by atoms with E-state index < -0.39 is 0 Å². The molecule has 10 aromatic rings. The van der Waals surface area contributed by atoms with Gasteiger partial charge in [-0.3, -0.25) is 0 Å². The second-order valence-electron chi connectivity index (χ2n) is 12.6. The van der Waals surface area contributed by atoms with Crippen LogP contribution in [0.1, 0.15) is 0 Å². The number of para-hydroxylation sites is 2. The van der Waals surface area contributed by atoms with Crippen LogP contribution < -0.4 is 9.80 Å². The van der Waals surface area contributed by atoms with Gasteiger partial charge in [0, 0.05) is 58.4 Å². The summed E-state index contributed by atoms with van der Waals surface area (Å²) in [4.78, 5) is 4.83. The molecule has 0 fully saturated rings. The van der Waals surface area contributed by atoms with Gasteiger partial charge in [-0.2, -0.15) is 0 Å². The van der Waals surface area contributed by atoms with Gasteiger partial charge in [-0.05, 0) is 83.6 Å². The maximum atomic E-state index is 2.46. The van der Waals surface area contributed by atoms with Crippen LogP contribution in [0, 0.1) is 0 Å². The summed E-state index contributed by atoms with van der Waals surface area (Å²) in [6, 6.07) is 66.1. The topological polar surface area (TPSA) is 6.48 Å². The lowest BCUT2D eigenvalue weighted by Gasteiger charge is -2.27. The van der Waals surface area contributed by atoms with Crippen molar-refractivity contribution < 1.29 is 0 Å². The summed E-state index contributed by atoms with van der Waals surface area (Å²) in [6.45, 7) is 0. The summed E-state index contributed by atoms with van der Waals surface area (Å²) in [6.07, 6.45) is 0. The predicted octanol–water partition coefficient (Wildman–Crippen LogP) is 14.5. The molecule has 0 aliphatic carbocycles.